The largest absolute Gasteiger partial charge is 0.381 e. The van der Waals surface area contributed by atoms with E-state index in [0.717, 1.165) is 50.7 Å². The van der Waals surface area contributed by atoms with Crippen molar-refractivity contribution in [3.05, 3.63) is 17.0 Å². The van der Waals surface area contributed by atoms with Gasteiger partial charge in [0.05, 0.1) is 5.69 Å². The third kappa shape index (κ3) is 8.89. The summed E-state index contributed by atoms with van der Waals surface area (Å²) in [5, 5.41) is 11.3. The van der Waals surface area contributed by atoms with E-state index >= 15 is 0 Å². The maximum atomic E-state index is 5.57. The van der Waals surface area contributed by atoms with Gasteiger partial charge in [-0.15, -0.1) is 24.0 Å². The molecule has 1 aromatic rings. The van der Waals surface area contributed by atoms with Crippen molar-refractivity contribution in [3.8, 4) is 0 Å². The predicted octanol–water partition coefficient (Wildman–Crippen LogP) is 2.96. The highest BCUT2D eigenvalue weighted by atomic mass is 127. The SMILES string of the molecule is CCCCOCCCNC(=NC)NC(C)Cc1c(C)nn(C)c1C.I. The van der Waals surface area contributed by atoms with Crippen LogP contribution in [0.2, 0.25) is 0 Å². The van der Waals surface area contributed by atoms with Gasteiger partial charge in [-0.3, -0.25) is 9.67 Å². The van der Waals surface area contributed by atoms with E-state index in [1.165, 1.54) is 17.7 Å². The maximum absolute atomic E-state index is 5.57. The molecule has 0 saturated carbocycles. The zero-order valence-corrected chi connectivity index (χ0v) is 19.0. The Labute approximate surface area is 170 Å². The summed E-state index contributed by atoms with van der Waals surface area (Å²) in [5.74, 6) is 0.843. The number of guanidine groups is 1. The molecule has 6 nitrogen and oxygen atoms in total. The molecule has 0 spiro atoms. The molecule has 1 atom stereocenters. The fourth-order valence-corrected chi connectivity index (χ4v) is 2.63. The normalized spacial score (nSPS) is 12.6. The lowest BCUT2D eigenvalue weighted by atomic mass is 10.1. The summed E-state index contributed by atoms with van der Waals surface area (Å²) in [6.07, 6.45) is 4.25. The minimum atomic E-state index is 0. The van der Waals surface area contributed by atoms with Gasteiger partial charge in [-0.05, 0) is 45.6 Å². The summed E-state index contributed by atoms with van der Waals surface area (Å²) in [6.45, 7) is 11.1. The molecule has 25 heavy (non-hydrogen) atoms. The third-order valence-electron chi connectivity index (χ3n) is 4.18. The number of halogens is 1. The Morgan fingerprint density at radius 2 is 1.96 bits per heavy atom. The van der Waals surface area contributed by atoms with Gasteiger partial charge in [0.2, 0.25) is 0 Å². The molecule has 0 bridgehead atoms. The van der Waals surface area contributed by atoms with Crippen molar-refractivity contribution >= 4 is 29.9 Å². The Hall–Kier alpha value is -0.830. The molecule has 0 aliphatic carbocycles. The molecule has 0 aromatic carbocycles. The first kappa shape index (κ1) is 24.2. The van der Waals surface area contributed by atoms with Crippen molar-refractivity contribution < 1.29 is 4.74 Å². The van der Waals surface area contributed by atoms with Crippen LogP contribution >= 0.6 is 24.0 Å². The quantitative estimate of drug-likeness (QED) is 0.242. The summed E-state index contributed by atoms with van der Waals surface area (Å²) < 4.78 is 7.52. The van der Waals surface area contributed by atoms with Crippen molar-refractivity contribution in [2.24, 2.45) is 12.0 Å². The summed E-state index contributed by atoms with van der Waals surface area (Å²) >= 11 is 0. The smallest absolute Gasteiger partial charge is 0.191 e. The van der Waals surface area contributed by atoms with Crippen molar-refractivity contribution in [1.29, 1.82) is 0 Å². The highest BCUT2D eigenvalue weighted by Gasteiger charge is 2.13. The van der Waals surface area contributed by atoms with E-state index in [0.29, 0.717) is 6.04 Å². The first-order valence-corrected chi connectivity index (χ1v) is 9.03. The second kappa shape index (κ2) is 13.4. The monoisotopic (exact) mass is 465 g/mol. The molecule has 0 radical (unpaired) electrons. The zero-order valence-electron chi connectivity index (χ0n) is 16.7. The molecule has 1 unspecified atom stereocenters. The summed E-state index contributed by atoms with van der Waals surface area (Å²) in [6, 6.07) is 0.290. The maximum Gasteiger partial charge on any atom is 0.191 e. The molecule has 146 valence electrons. The molecule has 0 saturated heterocycles. The van der Waals surface area contributed by atoms with Crippen molar-refractivity contribution in [1.82, 2.24) is 20.4 Å². The number of ether oxygens (including phenoxy) is 1. The van der Waals surface area contributed by atoms with Crippen LogP contribution in [-0.2, 0) is 18.2 Å². The fourth-order valence-electron chi connectivity index (χ4n) is 2.63. The Balaban J connectivity index is 0.00000576. The van der Waals surface area contributed by atoms with E-state index in [4.69, 9.17) is 4.74 Å². The van der Waals surface area contributed by atoms with Crippen LogP contribution in [0.3, 0.4) is 0 Å². The number of nitrogens with one attached hydrogen (secondary N) is 2. The second-order valence-corrected chi connectivity index (χ2v) is 6.34. The number of unbranched alkanes of at least 4 members (excludes halogenated alkanes) is 1. The van der Waals surface area contributed by atoms with Crippen LogP contribution in [-0.4, -0.2) is 48.6 Å². The lowest BCUT2D eigenvalue weighted by Gasteiger charge is -2.18. The molecular weight excluding hydrogens is 429 g/mol. The third-order valence-corrected chi connectivity index (χ3v) is 4.18. The first-order chi connectivity index (χ1) is 11.5. The van der Waals surface area contributed by atoms with Gasteiger partial charge in [-0.2, -0.15) is 5.10 Å². The molecular formula is C18H36IN5O. The average Bonchev–Trinajstić information content (AvgIpc) is 2.79. The fraction of sp³-hybridized carbons (Fsp3) is 0.778. The number of aliphatic imine (C=N–C) groups is 1. The van der Waals surface area contributed by atoms with Crippen LogP contribution < -0.4 is 10.6 Å². The van der Waals surface area contributed by atoms with E-state index in [-0.39, 0.29) is 24.0 Å². The number of aryl methyl sites for hydroxylation is 2. The van der Waals surface area contributed by atoms with Crippen molar-refractivity contribution in [2.45, 2.75) is 59.4 Å². The zero-order chi connectivity index (χ0) is 17.9. The molecule has 0 aliphatic rings. The number of nitrogens with zero attached hydrogens (tertiary/aromatic N) is 3. The summed E-state index contributed by atoms with van der Waals surface area (Å²) in [5.41, 5.74) is 3.65. The molecule has 1 rings (SSSR count). The Morgan fingerprint density at radius 3 is 2.52 bits per heavy atom. The second-order valence-electron chi connectivity index (χ2n) is 6.34. The van der Waals surface area contributed by atoms with E-state index in [9.17, 15) is 0 Å². The van der Waals surface area contributed by atoms with Crippen LogP contribution in [0.25, 0.3) is 0 Å². The van der Waals surface area contributed by atoms with E-state index in [1.807, 2.05) is 11.7 Å². The summed E-state index contributed by atoms with van der Waals surface area (Å²) in [4.78, 5) is 4.30. The molecule has 1 heterocycles. The Morgan fingerprint density at radius 1 is 1.28 bits per heavy atom. The van der Waals surface area contributed by atoms with Crippen molar-refractivity contribution in [2.75, 3.05) is 26.8 Å². The minimum Gasteiger partial charge on any atom is -0.381 e. The lowest BCUT2D eigenvalue weighted by molar-refractivity contribution is 0.129. The van der Waals surface area contributed by atoms with Gasteiger partial charge < -0.3 is 15.4 Å². The molecule has 0 amide bonds. The van der Waals surface area contributed by atoms with Crippen LogP contribution in [0, 0.1) is 13.8 Å². The number of aromatic nitrogens is 2. The van der Waals surface area contributed by atoms with Gasteiger partial charge in [0, 0.05) is 45.6 Å². The van der Waals surface area contributed by atoms with Gasteiger partial charge in [-0.25, -0.2) is 0 Å². The Kier molecular flexibility index (Phi) is 12.9. The Bertz CT molecular complexity index is 516. The van der Waals surface area contributed by atoms with Gasteiger partial charge in [0.25, 0.3) is 0 Å². The molecule has 2 N–H and O–H groups in total. The standard InChI is InChI=1S/C18H35N5O.HI/c1-7-8-11-24-12-9-10-20-18(19-5)21-14(2)13-17-15(3)22-23(6)16(17)4;/h14H,7-13H2,1-6H3,(H2,19,20,21);1H. The van der Waals surface area contributed by atoms with Crippen LogP contribution in [0.5, 0.6) is 0 Å². The highest BCUT2D eigenvalue weighted by Crippen LogP contribution is 2.14. The van der Waals surface area contributed by atoms with Gasteiger partial charge in [-0.1, -0.05) is 13.3 Å². The van der Waals surface area contributed by atoms with E-state index in [1.54, 1.807) is 7.05 Å². The number of rotatable bonds is 10. The molecule has 0 aliphatic heterocycles. The molecule has 0 fully saturated rings. The topological polar surface area (TPSA) is 63.5 Å². The number of hydrogen-bond donors (Lipinski definition) is 2. The highest BCUT2D eigenvalue weighted by molar-refractivity contribution is 14.0. The van der Waals surface area contributed by atoms with E-state index in [2.05, 4.69) is 48.4 Å². The predicted molar refractivity (Wildman–Crippen MR) is 116 cm³/mol. The van der Waals surface area contributed by atoms with Crippen LogP contribution in [0.1, 0.15) is 50.1 Å². The lowest BCUT2D eigenvalue weighted by Crippen LogP contribution is -2.43. The van der Waals surface area contributed by atoms with E-state index < -0.39 is 0 Å². The first-order valence-electron chi connectivity index (χ1n) is 9.03. The minimum absolute atomic E-state index is 0. The molecule has 7 heteroatoms. The number of hydrogen-bond acceptors (Lipinski definition) is 3. The summed E-state index contributed by atoms with van der Waals surface area (Å²) in [7, 11) is 3.80. The van der Waals surface area contributed by atoms with Gasteiger partial charge in [0.1, 0.15) is 0 Å². The van der Waals surface area contributed by atoms with Crippen LogP contribution in [0.4, 0.5) is 0 Å². The average molecular weight is 465 g/mol. The van der Waals surface area contributed by atoms with Gasteiger partial charge >= 0.3 is 0 Å². The molecule has 1 aromatic heterocycles. The van der Waals surface area contributed by atoms with Crippen LogP contribution in [0.15, 0.2) is 4.99 Å². The van der Waals surface area contributed by atoms with Crippen molar-refractivity contribution in [3.63, 3.8) is 0 Å². The van der Waals surface area contributed by atoms with Gasteiger partial charge in [0.15, 0.2) is 5.96 Å².